The Balaban J connectivity index is 2.60. The Hall–Kier alpha value is -0.360. The van der Waals surface area contributed by atoms with Crippen LogP contribution in [0.3, 0.4) is 0 Å². The molecular weight excluding hydrogens is 284 g/mol. The molecule has 1 aromatic rings. The Bertz CT molecular complexity index is 343. The summed E-state index contributed by atoms with van der Waals surface area (Å²) in [4.78, 5) is 0. The van der Waals surface area contributed by atoms with E-state index in [9.17, 15) is 4.39 Å². The molecule has 0 saturated carbocycles. The first-order valence-corrected chi connectivity index (χ1v) is 5.14. The molecule has 0 bridgehead atoms. The molecule has 1 aliphatic heterocycles. The second-order valence-corrected chi connectivity index (χ2v) is 4.18. The van der Waals surface area contributed by atoms with Crippen LogP contribution in [0.25, 0.3) is 0 Å². The van der Waals surface area contributed by atoms with Crippen molar-refractivity contribution in [3.63, 3.8) is 0 Å². The molecule has 0 fully saturated rings. The zero-order valence-corrected chi connectivity index (χ0v) is 9.05. The molecule has 1 aliphatic rings. The third-order valence-electron chi connectivity index (χ3n) is 2.14. The Kier molecular flexibility index (Phi) is 2.42. The Morgan fingerprint density at radius 3 is 3.00 bits per heavy atom. The molecule has 1 unspecified atom stereocenters. The smallest absolute Gasteiger partial charge is 0.140 e. The minimum Gasteiger partial charge on any atom is -0.492 e. The van der Waals surface area contributed by atoms with E-state index >= 15 is 0 Å². The molecule has 0 radical (unpaired) electrons. The van der Waals surface area contributed by atoms with Gasteiger partial charge in [0, 0.05) is 18.0 Å². The summed E-state index contributed by atoms with van der Waals surface area (Å²) in [6.07, 6.45) is 0.685. The average molecular weight is 293 g/mol. The fourth-order valence-electron chi connectivity index (χ4n) is 1.47. The molecule has 0 aromatic heterocycles. The van der Waals surface area contributed by atoms with E-state index in [1.807, 2.05) is 0 Å². The molecule has 0 spiro atoms. The van der Waals surface area contributed by atoms with Crippen LogP contribution in [0.1, 0.15) is 18.0 Å². The standard InChI is InChI=1S/C9H9FINO/c10-5-1-2-6(11)9-8(5)7(12)3-4-13-9/h1-2,7H,3-4,12H2. The van der Waals surface area contributed by atoms with Crippen LogP contribution in [0.4, 0.5) is 4.39 Å². The van der Waals surface area contributed by atoms with Gasteiger partial charge in [0.1, 0.15) is 11.6 Å². The van der Waals surface area contributed by atoms with E-state index in [1.165, 1.54) is 6.07 Å². The third kappa shape index (κ3) is 1.52. The Labute approximate surface area is 89.4 Å². The van der Waals surface area contributed by atoms with Crippen molar-refractivity contribution in [1.82, 2.24) is 0 Å². The lowest BCUT2D eigenvalue weighted by atomic mass is 10.0. The number of rotatable bonds is 0. The van der Waals surface area contributed by atoms with Gasteiger partial charge in [0.25, 0.3) is 0 Å². The van der Waals surface area contributed by atoms with Crippen molar-refractivity contribution >= 4 is 22.6 Å². The van der Waals surface area contributed by atoms with Crippen molar-refractivity contribution in [1.29, 1.82) is 0 Å². The summed E-state index contributed by atoms with van der Waals surface area (Å²) in [6.45, 7) is 0.577. The first kappa shape index (κ1) is 9.21. The van der Waals surface area contributed by atoms with Crippen molar-refractivity contribution in [2.24, 2.45) is 5.73 Å². The van der Waals surface area contributed by atoms with Gasteiger partial charge in [-0.1, -0.05) is 0 Å². The SMILES string of the molecule is NC1CCOc2c(I)ccc(F)c21. The van der Waals surface area contributed by atoms with Crippen molar-refractivity contribution in [3.8, 4) is 5.75 Å². The summed E-state index contributed by atoms with van der Waals surface area (Å²) in [6, 6.07) is 2.92. The number of fused-ring (bicyclic) bond motifs is 1. The topological polar surface area (TPSA) is 35.2 Å². The minimum atomic E-state index is -0.261. The largest absolute Gasteiger partial charge is 0.492 e. The molecule has 0 saturated heterocycles. The molecular formula is C9H9FINO. The average Bonchev–Trinajstić information content (AvgIpc) is 2.12. The number of halogens is 2. The van der Waals surface area contributed by atoms with Crippen molar-refractivity contribution in [2.45, 2.75) is 12.5 Å². The summed E-state index contributed by atoms with van der Waals surface area (Å²) in [5.41, 5.74) is 6.32. The van der Waals surface area contributed by atoms with E-state index < -0.39 is 0 Å². The lowest BCUT2D eigenvalue weighted by molar-refractivity contribution is 0.262. The number of ether oxygens (including phenoxy) is 1. The maximum absolute atomic E-state index is 13.3. The quantitative estimate of drug-likeness (QED) is 0.744. The van der Waals surface area contributed by atoms with Gasteiger partial charge in [-0.3, -0.25) is 0 Å². The van der Waals surface area contributed by atoms with E-state index in [0.29, 0.717) is 24.3 Å². The Morgan fingerprint density at radius 1 is 1.54 bits per heavy atom. The second-order valence-electron chi connectivity index (χ2n) is 3.02. The van der Waals surface area contributed by atoms with E-state index in [1.54, 1.807) is 6.07 Å². The number of hydrogen-bond acceptors (Lipinski definition) is 2. The highest BCUT2D eigenvalue weighted by Crippen LogP contribution is 2.36. The van der Waals surface area contributed by atoms with Crippen molar-refractivity contribution in [3.05, 3.63) is 27.1 Å². The molecule has 13 heavy (non-hydrogen) atoms. The summed E-state index contributed by atoms with van der Waals surface area (Å²) in [5.74, 6) is 0.363. The van der Waals surface area contributed by atoms with Gasteiger partial charge < -0.3 is 10.5 Å². The fraction of sp³-hybridized carbons (Fsp3) is 0.333. The summed E-state index contributed by atoms with van der Waals surface area (Å²) >= 11 is 2.12. The predicted molar refractivity (Wildman–Crippen MR) is 56.2 cm³/mol. The van der Waals surface area contributed by atoms with Crippen LogP contribution in [0.5, 0.6) is 5.75 Å². The molecule has 1 atom stereocenters. The zero-order valence-electron chi connectivity index (χ0n) is 6.89. The van der Waals surface area contributed by atoms with Gasteiger partial charge in [0.15, 0.2) is 0 Å². The maximum Gasteiger partial charge on any atom is 0.140 e. The van der Waals surface area contributed by atoms with Crippen molar-refractivity contribution < 1.29 is 9.13 Å². The Morgan fingerprint density at radius 2 is 2.31 bits per heavy atom. The van der Waals surface area contributed by atoms with Gasteiger partial charge in [0.2, 0.25) is 0 Å². The van der Waals surface area contributed by atoms with Crippen LogP contribution in [0.15, 0.2) is 12.1 Å². The second kappa shape index (κ2) is 3.42. The maximum atomic E-state index is 13.3. The molecule has 2 rings (SSSR count). The molecule has 4 heteroatoms. The van der Waals surface area contributed by atoms with Crippen LogP contribution in [0.2, 0.25) is 0 Å². The van der Waals surface area contributed by atoms with Gasteiger partial charge >= 0.3 is 0 Å². The lowest BCUT2D eigenvalue weighted by Crippen LogP contribution is -2.22. The minimum absolute atomic E-state index is 0.224. The van der Waals surface area contributed by atoms with Crippen molar-refractivity contribution in [2.75, 3.05) is 6.61 Å². The predicted octanol–water partition coefficient (Wildman–Crippen LogP) is 2.21. The number of nitrogens with two attached hydrogens (primary N) is 1. The fourth-order valence-corrected chi connectivity index (χ4v) is 2.10. The van der Waals surface area contributed by atoms with Gasteiger partial charge in [-0.2, -0.15) is 0 Å². The van der Waals surface area contributed by atoms with E-state index in [2.05, 4.69) is 22.6 Å². The molecule has 70 valence electrons. The first-order chi connectivity index (χ1) is 6.20. The number of hydrogen-bond donors (Lipinski definition) is 1. The molecule has 1 heterocycles. The third-order valence-corrected chi connectivity index (χ3v) is 2.99. The number of benzene rings is 1. The first-order valence-electron chi connectivity index (χ1n) is 4.06. The molecule has 2 nitrogen and oxygen atoms in total. The summed E-state index contributed by atoms with van der Waals surface area (Å²) < 4.78 is 19.6. The van der Waals surface area contributed by atoms with Crippen LogP contribution >= 0.6 is 22.6 Å². The van der Waals surface area contributed by atoms with Gasteiger partial charge in [-0.15, -0.1) is 0 Å². The molecule has 0 aliphatic carbocycles. The van der Waals surface area contributed by atoms with E-state index in [4.69, 9.17) is 10.5 Å². The van der Waals surface area contributed by atoms with E-state index in [0.717, 1.165) is 3.57 Å². The molecule has 2 N–H and O–H groups in total. The normalized spacial score (nSPS) is 20.7. The zero-order chi connectivity index (χ0) is 9.42. The monoisotopic (exact) mass is 293 g/mol. The molecule has 0 amide bonds. The van der Waals surface area contributed by atoms with Crippen LogP contribution in [-0.4, -0.2) is 6.61 Å². The van der Waals surface area contributed by atoms with Crippen LogP contribution in [-0.2, 0) is 0 Å². The highest BCUT2D eigenvalue weighted by molar-refractivity contribution is 14.1. The summed E-state index contributed by atoms with van der Waals surface area (Å²) in [5, 5.41) is 0. The lowest BCUT2D eigenvalue weighted by Gasteiger charge is -2.24. The van der Waals surface area contributed by atoms with E-state index in [-0.39, 0.29) is 11.9 Å². The van der Waals surface area contributed by atoms with Gasteiger partial charge in [0.05, 0.1) is 10.2 Å². The van der Waals surface area contributed by atoms with Crippen LogP contribution in [0, 0.1) is 9.39 Å². The van der Waals surface area contributed by atoms with Crippen LogP contribution < -0.4 is 10.5 Å². The highest BCUT2D eigenvalue weighted by atomic mass is 127. The molecule has 1 aromatic carbocycles. The van der Waals surface area contributed by atoms with Gasteiger partial charge in [-0.25, -0.2) is 4.39 Å². The highest BCUT2D eigenvalue weighted by Gasteiger charge is 2.23. The summed E-state index contributed by atoms with van der Waals surface area (Å²) in [7, 11) is 0. The van der Waals surface area contributed by atoms with Gasteiger partial charge in [-0.05, 0) is 34.7 Å².